The molecule has 0 aliphatic heterocycles. The summed E-state index contributed by atoms with van der Waals surface area (Å²) in [5.41, 5.74) is 3.06. The number of nitrogens with zero attached hydrogens (tertiary/aromatic N) is 5. The molecule has 0 radical (unpaired) electrons. The SMILES string of the molecule is Cc1cnn(-c2cc(COc3cnnc(NC(=O)[C@H]4C[C@@H]4c4cccc(Cl)c4)c3)ccn2)c1. The maximum Gasteiger partial charge on any atom is 0.229 e. The number of anilines is 1. The van der Waals surface area contributed by atoms with E-state index in [-0.39, 0.29) is 17.7 Å². The van der Waals surface area contributed by atoms with Crippen molar-refractivity contribution in [3.63, 3.8) is 0 Å². The lowest BCUT2D eigenvalue weighted by Crippen LogP contribution is -2.16. The summed E-state index contributed by atoms with van der Waals surface area (Å²) in [6.07, 6.45) is 7.71. The van der Waals surface area contributed by atoms with Gasteiger partial charge < -0.3 is 10.1 Å². The van der Waals surface area contributed by atoms with Gasteiger partial charge in [-0.2, -0.15) is 10.2 Å². The fourth-order valence-corrected chi connectivity index (χ4v) is 3.88. The van der Waals surface area contributed by atoms with Crippen molar-refractivity contribution in [3.8, 4) is 11.6 Å². The summed E-state index contributed by atoms with van der Waals surface area (Å²) in [7, 11) is 0. The predicted octanol–water partition coefficient (Wildman–Crippen LogP) is 4.34. The normalized spacial score (nSPS) is 16.9. The van der Waals surface area contributed by atoms with Crippen LogP contribution in [0, 0.1) is 12.8 Å². The highest BCUT2D eigenvalue weighted by molar-refractivity contribution is 6.30. The summed E-state index contributed by atoms with van der Waals surface area (Å²) in [6.45, 7) is 2.29. The van der Waals surface area contributed by atoms with Gasteiger partial charge in [0.25, 0.3) is 0 Å². The molecular formula is C24H21ClN6O2. The molecule has 1 amide bonds. The van der Waals surface area contributed by atoms with Crippen LogP contribution in [0.15, 0.2) is 67.3 Å². The maximum atomic E-state index is 12.6. The minimum Gasteiger partial charge on any atom is -0.487 e. The third-order valence-corrected chi connectivity index (χ3v) is 5.68. The number of halogens is 1. The van der Waals surface area contributed by atoms with Crippen molar-refractivity contribution in [3.05, 3.63) is 89.0 Å². The first kappa shape index (κ1) is 21.1. The first-order valence-corrected chi connectivity index (χ1v) is 10.9. The topological polar surface area (TPSA) is 94.8 Å². The van der Waals surface area contributed by atoms with Gasteiger partial charge in [0.1, 0.15) is 12.4 Å². The van der Waals surface area contributed by atoms with E-state index in [4.69, 9.17) is 16.3 Å². The average Bonchev–Trinajstić information content (AvgIpc) is 3.51. The molecule has 1 aromatic carbocycles. The van der Waals surface area contributed by atoms with Gasteiger partial charge in [-0.1, -0.05) is 23.7 Å². The van der Waals surface area contributed by atoms with Crippen LogP contribution in [0.2, 0.25) is 5.02 Å². The van der Waals surface area contributed by atoms with Gasteiger partial charge in [0, 0.05) is 29.4 Å². The van der Waals surface area contributed by atoms with E-state index in [9.17, 15) is 4.79 Å². The minimum atomic E-state index is -0.101. The number of carbonyl (C=O) groups excluding carboxylic acids is 1. The Morgan fingerprint density at radius 1 is 1.24 bits per heavy atom. The van der Waals surface area contributed by atoms with Crippen molar-refractivity contribution in [2.24, 2.45) is 5.92 Å². The van der Waals surface area contributed by atoms with Crippen molar-refractivity contribution in [1.82, 2.24) is 25.0 Å². The number of hydrogen-bond donors (Lipinski definition) is 1. The number of rotatable bonds is 7. The fourth-order valence-electron chi connectivity index (χ4n) is 3.68. The summed E-state index contributed by atoms with van der Waals surface area (Å²) in [5, 5.41) is 15.8. The van der Waals surface area contributed by atoms with Gasteiger partial charge in [-0.15, -0.1) is 5.10 Å². The number of hydrogen-bond acceptors (Lipinski definition) is 6. The Bertz CT molecular complexity index is 1310. The lowest BCUT2D eigenvalue weighted by Gasteiger charge is -2.09. The van der Waals surface area contributed by atoms with Crippen LogP contribution < -0.4 is 10.1 Å². The molecule has 1 N–H and O–H groups in total. The molecule has 33 heavy (non-hydrogen) atoms. The van der Waals surface area contributed by atoms with Crippen LogP contribution in [0.4, 0.5) is 5.82 Å². The number of benzene rings is 1. The van der Waals surface area contributed by atoms with E-state index in [2.05, 4.69) is 25.6 Å². The molecule has 3 heterocycles. The molecule has 1 aliphatic carbocycles. The lowest BCUT2D eigenvalue weighted by atomic mass is 10.1. The van der Waals surface area contributed by atoms with E-state index >= 15 is 0 Å². The summed E-state index contributed by atoms with van der Waals surface area (Å²) in [4.78, 5) is 17.0. The number of aryl methyl sites for hydroxylation is 1. The van der Waals surface area contributed by atoms with Crippen molar-refractivity contribution >= 4 is 23.3 Å². The van der Waals surface area contributed by atoms with Gasteiger partial charge >= 0.3 is 0 Å². The highest BCUT2D eigenvalue weighted by Gasteiger charge is 2.44. The third kappa shape index (κ3) is 5.01. The van der Waals surface area contributed by atoms with E-state index < -0.39 is 0 Å². The minimum absolute atomic E-state index is 0.0836. The molecule has 1 fully saturated rings. The molecule has 4 aromatic rings. The van der Waals surface area contributed by atoms with Gasteiger partial charge in [0.05, 0.1) is 12.4 Å². The molecular weight excluding hydrogens is 440 g/mol. The molecule has 1 saturated carbocycles. The Morgan fingerprint density at radius 2 is 2.15 bits per heavy atom. The Hall–Kier alpha value is -3.78. The summed E-state index contributed by atoms with van der Waals surface area (Å²) >= 11 is 6.07. The van der Waals surface area contributed by atoms with E-state index in [1.165, 1.54) is 6.20 Å². The Morgan fingerprint density at radius 3 is 2.97 bits per heavy atom. The molecule has 0 spiro atoms. The summed E-state index contributed by atoms with van der Waals surface area (Å²) in [6, 6.07) is 13.1. The Labute approximate surface area is 195 Å². The van der Waals surface area contributed by atoms with E-state index in [1.807, 2.05) is 49.5 Å². The van der Waals surface area contributed by atoms with Crippen LogP contribution in [-0.4, -0.2) is 30.9 Å². The van der Waals surface area contributed by atoms with Gasteiger partial charge in [-0.05, 0) is 60.2 Å². The lowest BCUT2D eigenvalue weighted by molar-refractivity contribution is -0.117. The van der Waals surface area contributed by atoms with Crippen molar-refractivity contribution in [2.45, 2.75) is 25.9 Å². The van der Waals surface area contributed by atoms with Gasteiger partial charge in [-0.25, -0.2) is 9.67 Å². The van der Waals surface area contributed by atoms with Crippen LogP contribution in [0.3, 0.4) is 0 Å². The molecule has 9 heteroatoms. The molecule has 166 valence electrons. The molecule has 8 nitrogen and oxygen atoms in total. The number of amides is 1. The quantitative estimate of drug-likeness (QED) is 0.441. The van der Waals surface area contributed by atoms with Crippen LogP contribution in [0.25, 0.3) is 5.82 Å². The van der Waals surface area contributed by atoms with E-state index in [0.29, 0.717) is 29.0 Å². The number of nitrogens with one attached hydrogen (secondary N) is 1. The van der Waals surface area contributed by atoms with Crippen molar-refractivity contribution < 1.29 is 9.53 Å². The van der Waals surface area contributed by atoms with Crippen LogP contribution in [0.1, 0.15) is 29.0 Å². The van der Waals surface area contributed by atoms with Gasteiger partial charge in [0.2, 0.25) is 5.91 Å². The number of carbonyl (C=O) groups is 1. The predicted molar refractivity (Wildman–Crippen MR) is 123 cm³/mol. The third-order valence-electron chi connectivity index (χ3n) is 5.45. The monoisotopic (exact) mass is 460 g/mol. The number of ether oxygens (including phenoxy) is 1. The van der Waals surface area contributed by atoms with Crippen LogP contribution in [-0.2, 0) is 11.4 Å². The second kappa shape index (κ2) is 8.99. The molecule has 0 unspecified atom stereocenters. The zero-order chi connectivity index (χ0) is 22.8. The fraction of sp³-hybridized carbons (Fsp3) is 0.208. The maximum absolute atomic E-state index is 12.6. The number of aromatic nitrogens is 5. The summed E-state index contributed by atoms with van der Waals surface area (Å²) < 4.78 is 7.58. The van der Waals surface area contributed by atoms with Crippen molar-refractivity contribution in [2.75, 3.05) is 5.32 Å². The molecule has 1 aliphatic rings. The Balaban J connectivity index is 1.19. The van der Waals surface area contributed by atoms with Gasteiger partial charge in [0.15, 0.2) is 11.6 Å². The largest absolute Gasteiger partial charge is 0.487 e. The number of pyridine rings is 1. The second-order valence-electron chi connectivity index (χ2n) is 8.04. The molecule has 0 bridgehead atoms. The van der Waals surface area contributed by atoms with Crippen molar-refractivity contribution in [1.29, 1.82) is 0 Å². The second-order valence-corrected chi connectivity index (χ2v) is 8.48. The highest BCUT2D eigenvalue weighted by atomic mass is 35.5. The van der Waals surface area contributed by atoms with Gasteiger partial charge in [-0.3, -0.25) is 4.79 Å². The first-order valence-electron chi connectivity index (χ1n) is 10.5. The van der Waals surface area contributed by atoms with Crippen LogP contribution >= 0.6 is 11.6 Å². The zero-order valence-electron chi connectivity index (χ0n) is 17.9. The summed E-state index contributed by atoms with van der Waals surface area (Å²) in [5.74, 6) is 1.57. The van der Waals surface area contributed by atoms with Crippen LogP contribution in [0.5, 0.6) is 5.75 Å². The molecule has 0 saturated heterocycles. The molecule has 5 rings (SSSR count). The average molecular weight is 461 g/mol. The standard InChI is InChI=1S/C24H21ClN6O2/c1-15-11-28-31(13-15)23-7-16(5-6-26-23)14-33-19-9-22(30-27-12-19)29-24(32)21-10-20(21)17-3-2-4-18(25)8-17/h2-9,11-13,20-21H,10,14H2,1H3,(H,29,30,32)/t20-,21+/m1/s1. The highest BCUT2D eigenvalue weighted by Crippen LogP contribution is 2.48. The Kier molecular flexibility index (Phi) is 5.75. The smallest absolute Gasteiger partial charge is 0.229 e. The molecule has 2 atom stereocenters. The molecule has 3 aromatic heterocycles. The zero-order valence-corrected chi connectivity index (χ0v) is 18.6. The van der Waals surface area contributed by atoms with E-state index in [1.54, 1.807) is 23.1 Å². The first-order chi connectivity index (χ1) is 16.0. The van der Waals surface area contributed by atoms with E-state index in [0.717, 1.165) is 23.1 Å².